The van der Waals surface area contributed by atoms with Crippen LogP contribution in [0.5, 0.6) is 11.5 Å². The molecule has 166 valence electrons. The number of ether oxygens (including phenoxy) is 2. The molecule has 4 aromatic rings. The quantitative estimate of drug-likeness (QED) is 0.335. The highest BCUT2D eigenvalue weighted by Crippen LogP contribution is 2.28. The highest BCUT2D eigenvalue weighted by Gasteiger charge is 2.13. The Morgan fingerprint density at radius 3 is 2.73 bits per heavy atom. The van der Waals surface area contributed by atoms with Gasteiger partial charge in [-0.2, -0.15) is 10.4 Å². The summed E-state index contributed by atoms with van der Waals surface area (Å²) in [6, 6.07) is 9.31. The minimum atomic E-state index is -0.474. The Morgan fingerprint density at radius 1 is 1.21 bits per heavy atom. The summed E-state index contributed by atoms with van der Waals surface area (Å²) < 4.78 is 12.2. The van der Waals surface area contributed by atoms with E-state index in [4.69, 9.17) is 9.47 Å². The van der Waals surface area contributed by atoms with Gasteiger partial charge in [0.2, 0.25) is 0 Å². The molecule has 1 amide bonds. The number of carbonyl (C=O) groups excluding carboxylic acids is 1. The van der Waals surface area contributed by atoms with Crippen LogP contribution < -0.4 is 14.8 Å². The van der Waals surface area contributed by atoms with Crippen LogP contribution in [0.4, 0.5) is 0 Å². The van der Waals surface area contributed by atoms with Gasteiger partial charge in [0.05, 0.1) is 20.4 Å². The third kappa shape index (κ3) is 4.55. The molecule has 0 atom stereocenters. The fourth-order valence-corrected chi connectivity index (χ4v) is 3.44. The molecule has 0 aliphatic carbocycles. The molecule has 9 heteroatoms. The first-order valence-electron chi connectivity index (χ1n) is 10.1. The summed E-state index contributed by atoms with van der Waals surface area (Å²) in [6.07, 6.45) is 8.69. The van der Waals surface area contributed by atoms with Crippen LogP contribution in [-0.4, -0.2) is 39.9 Å². The molecule has 2 N–H and O–H groups in total. The third-order valence-electron chi connectivity index (χ3n) is 5.17. The Bertz CT molecular complexity index is 1390. The van der Waals surface area contributed by atoms with Crippen LogP contribution in [0.15, 0.2) is 54.6 Å². The minimum absolute atomic E-state index is 0.0110. The van der Waals surface area contributed by atoms with Gasteiger partial charge in [-0.25, -0.2) is 4.98 Å². The summed E-state index contributed by atoms with van der Waals surface area (Å²) in [4.78, 5) is 20.2. The summed E-state index contributed by atoms with van der Waals surface area (Å²) >= 11 is 0. The van der Waals surface area contributed by atoms with Crippen molar-refractivity contribution in [2.45, 2.75) is 6.54 Å². The molecule has 0 spiro atoms. The van der Waals surface area contributed by atoms with E-state index in [1.165, 1.54) is 0 Å². The Kier molecular flexibility index (Phi) is 6.09. The molecule has 0 unspecified atom stereocenters. The monoisotopic (exact) mass is 442 g/mol. The van der Waals surface area contributed by atoms with Gasteiger partial charge in [-0.05, 0) is 29.8 Å². The summed E-state index contributed by atoms with van der Waals surface area (Å²) in [6.45, 7) is 0.235. The second-order valence-corrected chi connectivity index (χ2v) is 7.31. The van der Waals surface area contributed by atoms with E-state index in [0.717, 1.165) is 22.1 Å². The van der Waals surface area contributed by atoms with E-state index >= 15 is 0 Å². The van der Waals surface area contributed by atoms with Gasteiger partial charge in [-0.3, -0.25) is 9.48 Å². The van der Waals surface area contributed by atoms with Crippen molar-refractivity contribution in [1.29, 1.82) is 5.26 Å². The molecule has 0 bridgehead atoms. The number of pyridine rings is 1. The van der Waals surface area contributed by atoms with Crippen molar-refractivity contribution in [3.8, 4) is 28.7 Å². The number of nitrogens with one attached hydrogen (secondary N) is 2. The molecule has 1 aromatic carbocycles. The average molecular weight is 442 g/mol. The number of methoxy groups -OCH3 is 2. The number of nitriles is 1. The number of aryl methyl sites for hydroxylation is 1. The molecule has 0 aliphatic heterocycles. The number of hydrogen-bond donors (Lipinski definition) is 2. The zero-order chi connectivity index (χ0) is 23.4. The fourth-order valence-electron chi connectivity index (χ4n) is 3.44. The molecule has 0 saturated carbocycles. The Balaban J connectivity index is 1.56. The number of H-pyrrole nitrogens is 1. The Morgan fingerprint density at radius 2 is 2.03 bits per heavy atom. The number of fused-ring (bicyclic) bond motifs is 1. The van der Waals surface area contributed by atoms with E-state index in [0.29, 0.717) is 22.7 Å². The van der Waals surface area contributed by atoms with Crippen molar-refractivity contribution in [3.05, 3.63) is 65.8 Å². The average Bonchev–Trinajstić information content (AvgIpc) is 3.46. The number of nitrogens with zero attached hydrogens (tertiary/aromatic N) is 4. The standard InChI is InChI=1S/C24H22N6O3/c1-30-14-19(13-29-30)17-8-20-18(12-27-23(20)26-11-17)7-16(9-25)24(31)28-10-15-4-5-21(32-2)22(6-15)33-3/h4-8,11-14H,10H2,1-3H3,(H,26,27)(H,28,31)/b16-7+. The normalized spacial score (nSPS) is 11.3. The van der Waals surface area contributed by atoms with Crippen LogP contribution in [0.25, 0.3) is 28.2 Å². The number of carbonyl (C=O) groups is 1. The van der Waals surface area contributed by atoms with E-state index in [2.05, 4.69) is 20.4 Å². The van der Waals surface area contributed by atoms with E-state index < -0.39 is 5.91 Å². The molecular weight excluding hydrogens is 420 g/mol. The van der Waals surface area contributed by atoms with Crippen molar-refractivity contribution in [2.75, 3.05) is 14.2 Å². The molecule has 3 aromatic heterocycles. The van der Waals surface area contributed by atoms with Gasteiger partial charge >= 0.3 is 0 Å². The highest BCUT2D eigenvalue weighted by molar-refractivity contribution is 6.03. The van der Waals surface area contributed by atoms with Crippen molar-refractivity contribution in [2.24, 2.45) is 7.05 Å². The van der Waals surface area contributed by atoms with Gasteiger partial charge in [-0.15, -0.1) is 0 Å². The van der Waals surface area contributed by atoms with Crippen molar-refractivity contribution in [3.63, 3.8) is 0 Å². The summed E-state index contributed by atoms with van der Waals surface area (Å²) in [7, 11) is 4.95. The van der Waals surface area contributed by atoms with Crippen LogP contribution in [-0.2, 0) is 18.4 Å². The van der Waals surface area contributed by atoms with E-state index in [9.17, 15) is 10.1 Å². The molecular formula is C24H22N6O3. The number of rotatable bonds is 7. The molecule has 0 aliphatic rings. The molecule has 33 heavy (non-hydrogen) atoms. The van der Waals surface area contributed by atoms with Gasteiger partial charge < -0.3 is 19.8 Å². The number of amides is 1. The summed E-state index contributed by atoms with van der Waals surface area (Å²) in [5, 5.41) is 17.4. The number of hydrogen-bond acceptors (Lipinski definition) is 6. The Hall–Kier alpha value is -4.58. The molecule has 3 heterocycles. The molecule has 0 saturated heterocycles. The highest BCUT2D eigenvalue weighted by atomic mass is 16.5. The molecule has 9 nitrogen and oxygen atoms in total. The lowest BCUT2D eigenvalue weighted by molar-refractivity contribution is -0.117. The van der Waals surface area contributed by atoms with E-state index in [1.807, 2.05) is 31.4 Å². The van der Waals surface area contributed by atoms with E-state index in [1.54, 1.807) is 55.7 Å². The van der Waals surface area contributed by atoms with Gasteiger partial charge in [-0.1, -0.05) is 6.07 Å². The van der Waals surface area contributed by atoms with Crippen LogP contribution in [0.1, 0.15) is 11.1 Å². The first kappa shape index (κ1) is 21.6. The number of aromatic nitrogens is 4. The van der Waals surface area contributed by atoms with Crippen molar-refractivity contribution >= 4 is 23.0 Å². The largest absolute Gasteiger partial charge is 0.493 e. The van der Waals surface area contributed by atoms with Crippen LogP contribution in [0, 0.1) is 11.3 Å². The van der Waals surface area contributed by atoms with Crippen molar-refractivity contribution < 1.29 is 14.3 Å². The maximum atomic E-state index is 12.7. The maximum Gasteiger partial charge on any atom is 0.262 e. The predicted octanol–water partition coefficient (Wildman–Crippen LogP) is 3.20. The number of benzene rings is 1. The second-order valence-electron chi connectivity index (χ2n) is 7.31. The molecule has 0 fully saturated rings. The van der Waals surface area contributed by atoms with Gasteiger partial charge in [0.1, 0.15) is 17.3 Å². The summed E-state index contributed by atoms with van der Waals surface area (Å²) in [5.74, 6) is 0.692. The zero-order valence-electron chi connectivity index (χ0n) is 18.4. The van der Waals surface area contributed by atoms with Crippen LogP contribution in [0.3, 0.4) is 0 Å². The maximum absolute atomic E-state index is 12.7. The lowest BCUT2D eigenvalue weighted by atomic mass is 10.1. The predicted molar refractivity (Wildman–Crippen MR) is 123 cm³/mol. The van der Waals surface area contributed by atoms with Gasteiger partial charge in [0, 0.05) is 54.3 Å². The third-order valence-corrected chi connectivity index (χ3v) is 5.17. The van der Waals surface area contributed by atoms with Crippen molar-refractivity contribution in [1.82, 2.24) is 25.1 Å². The van der Waals surface area contributed by atoms with Crippen LogP contribution in [0.2, 0.25) is 0 Å². The van der Waals surface area contributed by atoms with Gasteiger partial charge in [0.15, 0.2) is 11.5 Å². The van der Waals surface area contributed by atoms with E-state index in [-0.39, 0.29) is 12.1 Å². The summed E-state index contributed by atoms with van der Waals surface area (Å²) in [5.41, 5.74) is 3.98. The Labute approximate surface area is 190 Å². The second kappa shape index (κ2) is 9.28. The number of aromatic amines is 1. The SMILES string of the molecule is COc1ccc(CNC(=O)/C(C#N)=C/c2c[nH]c3ncc(-c4cnn(C)c4)cc23)cc1OC. The lowest BCUT2D eigenvalue weighted by Gasteiger charge is -2.10. The first-order valence-corrected chi connectivity index (χ1v) is 10.1. The fraction of sp³-hybridized carbons (Fsp3) is 0.167. The van der Waals surface area contributed by atoms with Crippen LogP contribution >= 0.6 is 0 Å². The molecule has 4 rings (SSSR count). The minimum Gasteiger partial charge on any atom is -0.493 e. The zero-order valence-corrected chi connectivity index (χ0v) is 18.4. The lowest BCUT2D eigenvalue weighted by Crippen LogP contribution is -2.24. The first-order chi connectivity index (χ1) is 16.0. The smallest absolute Gasteiger partial charge is 0.262 e. The van der Waals surface area contributed by atoms with Gasteiger partial charge in [0.25, 0.3) is 5.91 Å². The topological polar surface area (TPSA) is 118 Å². The molecule has 0 radical (unpaired) electrons.